The molecule has 4 heteroatoms. The van der Waals surface area contributed by atoms with E-state index in [1.807, 2.05) is 7.05 Å². The smallest absolute Gasteiger partial charge is 0.0327 e. The van der Waals surface area contributed by atoms with Crippen LogP contribution in [0, 0.1) is 0 Å². The van der Waals surface area contributed by atoms with Crippen molar-refractivity contribution in [3.8, 4) is 0 Å². The summed E-state index contributed by atoms with van der Waals surface area (Å²) in [5.74, 6) is 0. The highest BCUT2D eigenvalue weighted by molar-refractivity contribution is 9.10. The summed E-state index contributed by atoms with van der Waals surface area (Å²) in [7, 11) is 1.97. The first kappa shape index (κ1) is 11.2. The summed E-state index contributed by atoms with van der Waals surface area (Å²) < 4.78 is 1.21. The van der Waals surface area contributed by atoms with Gasteiger partial charge in [-0.2, -0.15) is 0 Å². The van der Waals surface area contributed by atoms with Crippen LogP contribution in [0.4, 0.5) is 0 Å². The van der Waals surface area contributed by atoms with Gasteiger partial charge in [-0.25, -0.2) is 0 Å². The van der Waals surface area contributed by atoms with E-state index in [0.717, 1.165) is 13.1 Å². The third-order valence-electron chi connectivity index (χ3n) is 1.81. The van der Waals surface area contributed by atoms with Crippen LogP contribution in [0.15, 0.2) is 15.9 Å². The summed E-state index contributed by atoms with van der Waals surface area (Å²) in [4.78, 5) is 1.36. The number of halogens is 1. The Morgan fingerprint density at radius 3 is 2.92 bits per heavy atom. The minimum absolute atomic E-state index is 0.513. The maximum Gasteiger partial charge on any atom is 0.0327 e. The molecule has 0 aliphatic carbocycles. The Labute approximate surface area is 91.9 Å². The van der Waals surface area contributed by atoms with Crippen LogP contribution in [0.2, 0.25) is 0 Å². The molecule has 1 aromatic heterocycles. The van der Waals surface area contributed by atoms with Crippen molar-refractivity contribution in [2.75, 3.05) is 13.6 Å². The fourth-order valence-electron chi connectivity index (χ4n) is 1.10. The molecule has 0 aliphatic heterocycles. The molecule has 0 spiro atoms. The second kappa shape index (κ2) is 5.75. The second-order valence-corrected chi connectivity index (χ2v) is 4.89. The van der Waals surface area contributed by atoms with E-state index in [1.165, 1.54) is 9.35 Å². The first-order valence-electron chi connectivity index (χ1n) is 4.34. The average molecular weight is 263 g/mol. The van der Waals surface area contributed by atoms with E-state index in [-0.39, 0.29) is 0 Å². The van der Waals surface area contributed by atoms with Crippen molar-refractivity contribution in [1.29, 1.82) is 0 Å². The van der Waals surface area contributed by atoms with Crippen LogP contribution >= 0.6 is 27.3 Å². The quantitative estimate of drug-likeness (QED) is 0.851. The number of rotatable bonds is 5. The Kier molecular flexibility index (Phi) is 4.94. The molecule has 0 radical (unpaired) electrons. The van der Waals surface area contributed by atoms with Crippen molar-refractivity contribution >= 4 is 27.3 Å². The van der Waals surface area contributed by atoms with Crippen LogP contribution in [-0.4, -0.2) is 19.6 Å². The Hall–Kier alpha value is 0.100. The summed E-state index contributed by atoms with van der Waals surface area (Å²) in [5.41, 5.74) is 0. The lowest BCUT2D eigenvalue weighted by Gasteiger charge is -2.12. The van der Waals surface area contributed by atoms with Gasteiger partial charge in [0.1, 0.15) is 0 Å². The van der Waals surface area contributed by atoms with Crippen molar-refractivity contribution in [1.82, 2.24) is 10.6 Å². The molecular formula is C9H15BrN2S. The molecule has 74 valence electrons. The van der Waals surface area contributed by atoms with Gasteiger partial charge in [0.05, 0.1) is 0 Å². The minimum Gasteiger partial charge on any atom is -0.318 e. The molecule has 0 aromatic carbocycles. The van der Waals surface area contributed by atoms with Gasteiger partial charge in [-0.1, -0.05) is 0 Å². The number of hydrogen-bond acceptors (Lipinski definition) is 3. The SMILES string of the molecule is CNCC(C)NCc1sccc1Br. The van der Waals surface area contributed by atoms with Crippen LogP contribution in [0.3, 0.4) is 0 Å². The molecule has 2 nitrogen and oxygen atoms in total. The Balaban J connectivity index is 2.30. The zero-order valence-electron chi connectivity index (χ0n) is 7.93. The van der Waals surface area contributed by atoms with Crippen LogP contribution in [0.5, 0.6) is 0 Å². The van der Waals surface area contributed by atoms with E-state index < -0.39 is 0 Å². The van der Waals surface area contributed by atoms with Crippen LogP contribution < -0.4 is 10.6 Å². The first-order chi connectivity index (χ1) is 6.24. The summed E-state index contributed by atoms with van der Waals surface area (Å²) in [5, 5.41) is 8.69. The predicted molar refractivity (Wildman–Crippen MR) is 62.2 cm³/mol. The predicted octanol–water partition coefficient (Wildman–Crippen LogP) is 2.21. The van der Waals surface area contributed by atoms with Crippen LogP contribution in [0.25, 0.3) is 0 Å². The standard InChI is InChI=1S/C9H15BrN2S/c1-7(5-11-2)12-6-9-8(10)3-4-13-9/h3-4,7,11-12H,5-6H2,1-2H3. The summed E-state index contributed by atoms with van der Waals surface area (Å²) in [6, 6.07) is 2.60. The van der Waals surface area contributed by atoms with Crippen molar-refractivity contribution in [2.24, 2.45) is 0 Å². The van der Waals surface area contributed by atoms with E-state index in [0.29, 0.717) is 6.04 Å². The van der Waals surface area contributed by atoms with Gasteiger partial charge in [-0.05, 0) is 41.3 Å². The van der Waals surface area contributed by atoms with E-state index in [4.69, 9.17) is 0 Å². The molecule has 0 amide bonds. The highest BCUT2D eigenvalue weighted by atomic mass is 79.9. The molecule has 0 saturated heterocycles. The normalized spacial score (nSPS) is 13.2. The fraction of sp³-hybridized carbons (Fsp3) is 0.556. The third kappa shape index (κ3) is 3.77. The maximum atomic E-state index is 3.51. The van der Waals surface area contributed by atoms with Crippen LogP contribution in [0.1, 0.15) is 11.8 Å². The summed E-state index contributed by atoms with van der Waals surface area (Å²) >= 11 is 5.29. The molecule has 0 aliphatic rings. The molecule has 1 unspecified atom stereocenters. The molecule has 1 atom stereocenters. The Morgan fingerprint density at radius 1 is 1.62 bits per heavy atom. The van der Waals surface area contributed by atoms with Gasteiger partial charge in [-0.3, -0.25) is 0 Å². The molecule has 1 heterocycles. The van der Waals surface area contributed by atoms with E-state index in [2.05, 4.69) is 44.9 Å². The molecule has 0 bridgehead atoms. The van der Waals surface area contributed by atoms with Crippen molar-refractivity contribution in [3.63, 3.8) is 0 Å². The lowest BCUT2D eigenvalue weighted by Crippen LogP contribution is -2.34. The van der Waals surface area contributed by atoms with Gasteiger partial charge in [0.25, 0.3) is 0 Å². The number of hydrogen-bond donors (Lipinski definition) is 2. The fourth-order valence-corrected chi connectivity index (χ4v) is 2.54. The molecule has 1 aromatic rings. The maximum absolute atomic E-state index is 3.51. The average Bonchev–Trinajstić information content (AvgIpc) is 2.48. The van der Waals surface area contributed by atoms with Crippen molar-refractivity contribution < 1.29 is 0 Å². The third-order valence-corrected chi connectivity index (χ3v) is 3.74. The van der Waals surface area contributed by atoms with Gasteiger partial charge >= 0.3 is 0 Å². The first-order valence-corrected chi connectivity index (χ1v) is 6.01. The Morgan fingerprint density at radius 2 is 2.38 bits per heavy atom. The number of likely N-dealkylation sites (N-methyl/N-ethyl adjacent to an activating group) is 1. The zero-order chi connectivity index (χ0) is 9.68. The van der Waals surface area contributed by atoms with Crippen LogP contribution in [-0.2, 0) is 6.54 Å². The van der Waals surface area contributed by atoms with E-state index >= 15 is 0 Å². The summed E-state index contributed by atoms with van der Waals surface area (Å²) in [6.07, 6.45) is 0. The highest BCUT2D eigenvalue weighted by Gasteiger charge is 2.03. The molecule has 13 heavy (non-hydrogen) atoms. The Bertz CT molecular complexity index is 250. The van der Waals surface area contributed by atoms with Crippen molar-refractivity contribution in [3.05, 3.63) is 20.8 Å². The topological polar surface area (TPSA) is 24.1 Å². The molecule has 2 N–H and O–H groups in total. The van der Waals surface area contributed by atoms with Gasteiger partial charge < -0.3 is 10.6 Å². The monoisotopic (exact) mass is 262 g/mol. The molecular weight excluding hydrogens is 248 g/mol. The largest absolute Gasteiger partial charge is 0.318 e. The second-order valence-electron chi connectivity index (χ2n) is 3.03. The highest BCUT2D eigenvalue weighted by Crippen LogP contribution is 2.22. The lowest BCUT2D eigenvalue weighted by atomic mass is 10.3. The van der Waals surface area contributed by atoms with E-state index in [9.17, 15) is 0 Å². The minimum atomic E-state index is 0.513. The number of thiophene rings is 1. The van der Waals surface area contributed by atoms with Gasteiger partial charge in [-0.15, -0.1) is 11.3 Å². The lowest BCUT2D eigenvalue weighted by molar-refractivity contribution is 0.525. The van der Waals surface area contributed by atoms with Gasteiger partial charge in [0, 0.05) is 28.5 Å². The zero-order valence-corrected chi connectivity index (χ0v) is 10.3. The van der Waals surface area contributed by atoms with Gasteiger partial charge in [0.15, 0.2) is 0 Å². The number of nitrogens with one attached hydrogen (secondary N) is 2. The molecule has 1 rings (SSSR count). The molecule has 0 fully saturated rings. The summed E-state index contributed by atoms with van der Waals surface area (Å²) in [6.45, 7) is 4.13. The van der Waals surface area contributed by atoms with Crippen molar-refractivity contribution in [2.45, 2.75) is 19.5 Å². The van der Waals surface area contributed by atoms with Gasteiger partial charge in [0.2, 0.25) is 0 Å². The molecule has 0 saturated carbocycles. The van der Waals surface area contributed by atoms with E-state index in [1.54, 1.807) is 11.3 Å².